The van der Waals surface area contributed by atoms with E-state index in [9.17, 15) is 21.6 Å². The first-order valence-electron chi connectivity index (χ1n) is 4.25. The summed E-state index contributed by atoms with van der Waals surface area (Å²) in [5, 5.41) is 1.79. The predicted octanol–water partition coefficient (Wildman–Crippen LogP) is 3.29. The first-order valence-corrected chi connectivity index (χ1v) is 7.33. The molecule has 98 valence electrons. The summed E-state index contributed by atoms with van der Waals surface area (Å²) < 4.78 is 63.4. The van der Waals surface area contributed by atoms with Crippen molar-refractivity contribution < 1.29 is 25.8 Å². The van der Waals surface area contributed by atoms with Crippen LogP contribution in [0.1, 0.15) is 0 Å². The fraction of sp³-hybridized carbons (Fsp3) is 0.125. The van der Waals surface area contributed by atoms with Gasteiger partial charge in [0.25, 0.3) is 0 Å². The van der Waals surface area contributed by atoms with Crippen molar-refractivity contribution in [3.8, 4) is 5.88 Å². The molecule has 4 nitrogen and oxygen atoms in total. The van der Waals surface area contributed by atoms with Gasteiger partial charge in [0.1, 0.15) is 0 Å². The molecule has 0 atom stereocenters. The first-order chi connectivity index (χ1) is 8.22. The number of hydrogen-bond acceptors (Lipinski definition) is 5. The maximum Gasteiger partial charge on any atom is 0.534 e. The molecule has 0 fully saturated rings. The van der Waals surface area contributed by atoms with E-state index < -0.39 is 21.5 Å². The van der Waals surface area contributed by atoms with Crippen molar-refractivity contribution in [3.05, 3.63) is 22.1 Å². The van der Waals surface area contributed by atoms with Gasteiger partial charge in [0.05, 0.1) is 5.39 Å². The van der Waals surface area contributed by atoms with Crippen molar-refractivity contribution in [2.24, 2.45) is 0 Å². The van der Waals surface area contributed by atoms with Crippen molar-refractivity contribution in [2.45, 2.75) is 5.51 Å². The Labute approximate surface area is 112 Å². The lowest BCUT2D eigenvalue weighted by Gasteiger charge is -2.09. The lowest BCUT2D eigenvalue weighted by molar-refractivity contribution is -0.0500. The van der Waals surface area contributed by atoms with E-state index in [4.69, 9.17) is 0 Å². The molecule has 0 aliphatic heterocycles. The van der Waals surface area contributed by atoms with Gasteiger partial charge >= 0.3 is 15.6 Å². The van der Waals surface area contributed by atoms with Crippen molar-refractivity contribution in [1.29, 1.82) is 0 Å². The third-order valence-corrected chi connectivity index (χ3v) is 4.70. The Balaban J connectivity index is 2.54. The minimum Gasteiger partial charge on any atom is -0.354 e. The highest BCUT2D eigenvalue weighted by atomic mass is 79.9. The SMILES string of the molecule is O=S(=O)(Oc1nccc2scc(Br)c12)C(F)(F)F. The average molecular weight is 362 g/mol. The number of hydrogen-bond donors (Lipinski definition) is 0. The number of nitrogens with zero attached hydrogens (tertiary/aromatic N) is 1. The summed E-state index contributed by atoms with van der Waals surface area (Å²) in [4.78, 5) is 3.51. The summed E-state index contributed by atoms with van der Waals surface area (Å²) in [7, 11) is -5.72. The average Bonchev–Trinajstić information content (AvgIpc) is 2.59. The lowest BCUT2D eigenvalue weighted by atomic mass is 10.3. The summed E-state index contributed by atoms with van der Waals surface area (Å²) in [5.41, 5.74) is -5.49. The summed E-state index contributed by atoms with van der Waals surface area (Å²) in [6, 6.07) is 1.54. The minimum atomic E-state index is -5.72. The highest BCUT2D eigenvalue weighted by molar-refractivity contribution is 9.10. The van der Waals surface area contributed by atoms with Gasteiger partial charge in [-0.15, -0.1) is 11.3 Å². The molecular weight excluding hydrogens is 359 g/mol. The Hall–Kier alpha value is -0.870. The van der Waals surface area contributed by atoms with E-state index in [0.29, 0.717) is 9.17 Å². The number of alkyl halides is 3. The zero-order chi connectivity index (χ0) is 13.6. The maximum atomic E-state index is 12.2. The van der Waals surface area contributed by atoms with E-state index >= 15 is 0 Å². The van der Waals surface area contributed by atoms with Crippen LogP contribution in [0.3, 0.4) is 0 Å². The zero-order valence-corrected chi connectivity index (χ0v) is 11.5. The molecule has 0 saturated carbocycles. The number of pyridine rings is 1. The summed E-state index contributed by atoms with van der Waals surface area (Å²) in [6.45, 7) is 0. The second-order valence-corrected chi connectivity index (χ2v) is 6.36. The fourth-order valence-electron chi connectivity index (χ4n) is 1.13. The molecule has 18 heavy (non-hydrogen) atoms. The largest absolute Gasteiger partial charge is 0.534 e. The first kappa shape index (κ1) is 13.6. The minimum absolute atomic E-state index is 0.190. The Kier molecular flexibility index (Phi) is 3.28. The van der Waals surface area contributed by atoms with Gasteiger partial charge < -0.3 is 4.18 Å². The Bertz CT molecular complexity index is 695. The monoisotopic (exact) mass is 361 g/mol. The second-order valence-electron chi connectivity index (χ2n) is 3.06. The third-order valence-electron chi connectivity index (χ3n) is 1.88. The molecule has 2 aromatic heterocycles. The van der Waals surface area contributed by atoms with E-state index in [0.717, 1.165) is 0 Å². The van der Waals surface area contributed by atoms with Gasteiger partial charge in [0.15, 0.2) is 0 Å². The van der Waals surface area contributed by atoms with Crippen LogP contribution in [-0.4, -0.2) is 18.9 Å². The molecule has 0 aromatic carbocycles. The van der Waals surface area contributed by atoms with Gasteiger partial charge in [0, 0.05) is 20.7 Å². The molecule has 0 aliphatic carbocycles. The number of rotatable bonds is 2. The lowest BCUT2D eigenvalue weighted by Crippen LogP contribution is -2.28. The van der Waals surface area contributed by atoms with E-state index in [1.165, 1.54) is 23.6 Å². The number of aromatic nitrogens is 1. The van der Waals surface area contributed by atoms with Crippen LogP contribution in [-0.2, 0) is 10.1 Å². The van der Waals surface area contributed by atoms with Crippen LogP contribution in [0.4, 0.5) is 13.2 Å². The quantitative estimate of drug-likeness (QED) is 0.608. The van der Waals surface area contributed by atoms with E-state index in [2.05, 4.69) is 25.1 Å². The van der Waals surface area contributed by atoms with Crippen LogP contribution < -0.4 is 4.18 Å². The van der Waals surface area contributed by atoms with E-state index in [1.807, 2.05) is 0 Å². The van der Waals surface area contributed by atoms with Crippen molar-refractivity contribution in [3.63, 3.8) is 0 Å². The molecule has 0 saturated heterocycles. The smallest absolute Gasteiger partial charge is 0.354 e. The van der Waals surface area contributed by atoms with Gasteiger partial charge in [0.2, 0.25) is 5.88 Å². The van der Waals surface area contributed by atoms with Crippen LogP contribution >= 0.6 is 27.3 Å². The number of thiophene rings is 1. The normalized spacial score (nSPS) is 12.9. The zero-order valence-electron chi connectivity index (χ0n) is 8.23. The van der Waals surface area contributed by atoms with Gasteiger partial charge in [-0.1, -0.05) is 0 Å². The van der Waals surface area contributed by atoms with Crippen LogP contribution in [0.2, 0.25) is 0 Å². The van der Waals surface area contributed by atoms with E-state index in [-0.39, 0.29) is 5.39 Å². The highest BCUT2D eigenvalue weighted by Gasteiger charge is 2.49. The predicted molar refractivity (Wildman–Crippen MR) is 62.9 cm³/mol. The maximum absolute atomic E-state index is 12.2. The Morgan fingerprint density at radius 1 is 1.39 bits per heavy atom. The van der Waals surface area contributed by atoms with Gasteiger partial charge in [-0.05, 0) is 22.0 Å². The molecule has 10 heteroatoms. The van der Waals surface area contributed by atoms with Crippen LogP contribution in [0.5, 0.6) is 5.88 Å². The fourth-order valence-corrected chi connectivity index (χ4v) is 3.16. The molecule has 2 aromatic rings. The van der Waals surface area contributed by atoms with Crippen molar-refractivity contribution >= 4 is 47.5 Å². The van der Waals surface area contributed by atoms with Gasteiger partial charge in [-0.2, -0.15) is 21.6 Å². The molecule has 0 N–H and O–H groups in total. The standard InChI is InChI=1S/C8H3BrF3NO3S2/c9-4-3-17-5-1-2-13-7(6(4)5)16-18(14,15)8(10,11)12/h1-3H. The molecule has 0 bridgehead atoms. The Morgan fingerprint density at radius 3 is 2.67 bits per heavy atom. The molecule has 0 amide bonds. The molecular formula is C8H3BrF3NO3S2. The molecule has 2 rings (SSSR count). The van der Waals surface area contributed by atoms with Gasteiger partial charge in [-0.3, -0.25) is 0 Å². The second kappa shape index (κ2) is 4.35. The van der Waals surface area contributed by atoms with Crippen molar-refractivity contribution in [2.75, 3.05) is 0 Å². The summed E-state index contributed by atoms with van der Waals surface area (Å²) in [5.74, 6) is -0.599. The summed E-state index contributed by atoms with van der Waals surface area (Å²) >= 11 is 4.31. The molecule has 2 heterocycles. The van der Waals surface area contributed by atoms with Gasteiger partial charge in [-0.25, -0.2) is 4.98 Å². The number of fused-ring (bicyclic) bond motifs is 1. The molecule has 0 aliphatic rings. The van der Waals surface area contributed by atoms with E-state index in [1.54, 1.807) is 5.38 Å². The molecule has 0 spiro atoms. The van der Waals surface area contributed by atoms with Crippen LogP contribution in [0.15, 0.2) is 22.1 Å². The molecule has 0 unspecified atom stereocenters. The molecule has 0 radical (unpaired) electrons. The van der Waals surface area contributed by atoms with Crippen LogP contribution in [0, 0.1) is 0 Å². The summed E-state index contributed by atoms with van der Waals surface area (Å²) in [6.07, 6.45) is 1.17. The number of halogens is 4. The Morgan fingerprint density at radius 2 is 2.06 bits per heavy atom. The van der Waals surface area contributed by atoms with Crippen LogP contribution in [0.25, 0.3) is 10.1 Å². The third kappa shape index (κ3) is 2.31. The van der Waals surface area contributed by atoms with Crippen molar-refractivity contribution in [1.82, 2.24) is 4.98 Å². The highest BCUT2D eigenvalue weighted by Crippen LogP contribution is 2.37. The topological polar surface area (TPSA) is 56.3 Å².